The van der Waals surface area contributed by atoms with E-state index in [1.807, 2.05) is 18.4 Å². The Kier molecular flexibility index (Phi) is 10.3. The standard InChI is InChI=1S/C22H36N6O4/c1-4-6-7-8-18(29)32-13-16(9-10-31-21(30)19(23)15(3)5-2)12-28-14-26-17-11-25-22(24)27-20(17)28/h11,14-16,19H,4-10,12-13,23H2,1-3H3,(H2,24,25,27)/t15-,16?,19-/m0/s1. The lowest BCUT2D eigenvalue weighted by molar-refractivity contribution is -0.149. The first-order valence-corrected chi connectivity index (χ1v) is 11.4. The number of nitrogens with two attached hydrogens (primary N) is 2. The lowest BCUT2D eigenvalue weighted by Crippen LogP contribution is -2.38. The number of imidazole rings is 1. The Morgan fingerprint density at radius 1 is 1.19 bits per heavy atom. The zero-order valence-corrected chi connectivity index (χ0v) is 19.3. The third-order valence-corrected chi connectivity index (χ3v) is 5.60. The Labute approximate surface area is 189 Å². The lowest BCUT2D eigenvalue weighted by atomic mass is 10.0. The van der Waals surface area contributed by atoms with Gasteiger partial charge in [-0.15, -0.1) is 0 Å². The molecule has 178 valence electrons. The largest absolute Gasteiger partial charge is 0.465 e. The molecule has 0 aliphatic carbocycles. The monoisotopic (exact) mass is 448 g/mol. The number of hydrogen-bond donors (Lipinski definition) is 2. The zero-order chi connectivity index (χ0) is 23.5. The second-order valence-electron chi connectivity index (χ2n) is 8.21. The molecular formula is C22H36N6O4. The van der Waals surface area contributed by atoms with Crippen LogP contribution < -0.4 is 11.5 Å². The molecule has 10 heteroatoms. The van der Waals surface area contributed by atoms with Crippen LogP contribution in [0.4, 0.5) is 5.95 Å². The van der Waals surface area contributed by atoms with Gasteiger partial charge in [0.25, 0.3) is 0 Å². The summed E-state index contributed by atoms with van der Waals surface area (Å²) in [6.45, 7) is 6.86. The van der Waals surface area contributed by atoms with Crippen LogP contribution in [0.15, 0.2) is 12.5 Å². The molecule has 2 heterocycles. The predicted octanol–water partition coefficient (Wildman–Crippen LogP) is 2.45. The van der Waals surface area contributed by atoms with E-state index in [4.69, 9.17) is 20.9 Å². The molecule has 0 bridgehead atoms. The van der Waals surface area contributed by atoms with Crippen molar-refractivity contribution in [2.24, 2.45) is 17.6 Å². The fourth-order valence-electron chi connectivity index (χ4n) is 3.22. The third kappa shape index (κ3) is 7.74. The molecule has 3 atom stereocenters. The topological polar surface area (TPSA) is 148 Å². The molecule has 0 saturated heterocycles. The van der Waals surface area contributed by atoms with Crippen molar-refractivity contribution in [1.29, 1.82) is 0 Å². The van der Waals surface area contributed by atoms with Crippen LogP contribution in [0.2, 0.25) is 0 Å². The number of hydrogen-bond acceptors (Lipinski definition) is 9. The van der Waals surface area contributed by atoms with Gasteiger partial charge in [0.2, 0.25) is 5.95 Å². The number of rotatable bonds is 14. The van der Waals surface area contributed by atoms with Gasteiger partial charge in [-0.05, 0) is 18.8 Å². The number of carbonyl (C=O) groups excluding carboxylic acids is 2. The van der Waals surface area contributed by atoms with Crippen LogP contribution in [0.25, 0.3) is 11.2 Å². The van der Waals surface area contributed by atoms with Gasteiger partial charge < -0.3 is 25.5 Å². The van der Waals surface area contributed by atoms with Crippen molar-refractivity contribution >= 4 is 29.1 Å². The van der Waals surface area contributed by atoms with Gasteiger partial charge in [-0.2, -0.15) is 4.98 Å². The summed E-state index contributed by atoms with van der Waals surface area (Å²) in [6.07, 6.45) is 7.76. The van der Waals surface area contributed by atoms with Gasteiger partial charge in [0, 0.05) is 18.9 Å². The molecule has 0 aliphatic heterocycles. The number of aromatic nitrogens is 4. The highest BCUT2D eigenvalue weighted by atomic mass is 16.5. The van der Waals surface area contributed by atoms with Crippen molar-refractivity contribution in [2.45, 2.75) is 71.9 Å². The molecule has 4 N–H and O–H groups in total. The molecule has 0 aliphatic rings. The van der Waals surface area contributed by atoms with Gasteiger partial charge in [0.05, 0.1) is 25.7 Å². The van der Waals surface area contributed by atoms with Gasteiger partial charge in [-0.25, -0.2) is 9.97 Å². The minimum Gasteiger partial charge on any atom is -0.465 e. The summed E-state index contributed by atoms with van der Waals surface area (Å²) in [5, 5.41) is 0. The minimum atomic E-state index is -0.646. The molecule has 2 rings (SSSR count). The first kappa shape index (κ1) is 25.5. The van der Waals surface area contributed by atoms with Crippen LogP contribution >= 0.6 is 0 Å². The molecule has 0 aromatic carbocycles. The maximum atomic E-state index is 12.2. The Morgan fingerprint density at radius 3 is 2.69 bits per heavy atom. The molecule has 2 aromatic rings. The summed E-state index contributed by atoms with van der Waals surface area (Å²) < 4.78 is 12.7. The van der Waals surface area contributed by atoms with Crippen molar-refractivity contribution in [3.63, 3.8) is 0 Å². The zero-order valence-electron chi connectivity index (χ0n) is 19.3. The molecule has 0 radical (unpaired) electrons. The molecule has 10 nitrogen and oxygen atoms in total. The summed E-state index contributed by atoms with van der Waals surface area (Å²) in [5.74, 6) is -0.535. The second-order valence-corrected chi connectivity index (χ2v) is 8.21. The molecular weight excluding hydrogens is 412 g/mol. The van der Waals surface area contributed by atoms with Gasteiger partial charge in [0.15, 0.2) is 5.65 Å². The normalized spacial score (nSPS) is 14.1. The third-order valence-electron chi connectivity index (χ3n) is 5.60. The van der Waals surface area contributed by atoms with Crippen LogP contribution in [-0.4, -0.2) is 50.7 Å². The first-order valence-electron chi connectivity index (χ1n) is 11.4. The fraction of sp³-hybridized carbons (Fsp3) is 0.682. The maximum absolute atomic E-state index is 12.2. The number of ether oxygens (including phenoxy) is 2. The number of fused-ring (bicyclic) bond motifs is 1. The Balaban J connectivity index is 1.99. The lowest BCUT2D eigenvalue weighted by Gasteiger charge is -2.20. The number of nitrogen functional groups attached to an aromatic ring is 1. The summed E-state index contributed by atoms with van der Waals surface area (Å²) >= 11 is 0. The fourth-order valence-corrected chi connectivity index (χ4v) is 3.22. The van der Waals surface area contributed by atoms with Crippen LogP contribution in [-0.2, 0) is 25.6 Å². The van der Waals surface area contributed by atoms with Crippen molar-refractivity contribution < 1.29 is 19.1 Å². The smallest absolute Gasteiger partial charge is 0.323 e. The summed E-state index contributed by atoms with van der Waals surface area (Å²) in [5.41, 5.74) is 12.9. The van der Waals surface area contributed by atoms with E-state index in [0.29, 0.717) is 30.6 Å². The van der Waals surface area contributed by atoms with Crippen LogP contribution in [0.3, 0.4) is 0 Å². The molecule has 32 heavy (non-hydrogen) atoms. The average Bonchev–Trinajstić information content (AvgIpc) is 3.17. The Hall–Kier alpha value is -2.75. The molecule has 1 unspecified atom stereocenters. The van der Waals surface area contributed by atoms with Crippen molar-refractivity contribution in [3.8, 4) is 0 Å². The molecule has 0 amide bonds. The van der Waals surface area contributed by atoms with Crippen molar-refractivity contribution in [3.05, 3.63) is 12.5 Å². The van der Waals surface area contributed by atoms with E-state index in [1.54, 1.807) is 12.5 Å². The van der Waals surface area contributed by atoms with E-state index < -0.39 is 12.0 Å². The molecule has 0 fully saturated rings. The highest BCUT2D eigenvalue weighted by Gasteiger charge is 2.22. The van der Waals surface area contributed by atoms with Gasteiger partial charge >= 0.3 is 11.9 Å². The van der Waals surface area contributed by atoms with E-state index >= 15 is 0 Å². The van der Waals surface area contributed by atoms with Gasteiger partial charge in [-0.1, -0.05) is 40.0 Å². The summed E-state index contributed by atoms with van der Waals surface area (Å²) in [7, 11) is 0. The Bertz CT molecular complexity index is 871. The SMILES string of the molecule is CCCCCC(=O)OCC(CCOC(=O)[C@@H](N)[C@@H](C)CC)Cn1cnc2cnc(N)nc21. The molecule has 2 aromatic heterocycles. The van der Waals surface area contributed by atoms with Crippen LogP contribution in [0.1, 0.15) is 59.3 Å². The van der Waals surface area contributed by atoms with Gasteiger partial charge in [-0.3, -0.25) is 9.59 Å². The van der Waals surface area contributed by atoms with Crippen LogP contribution in [0, 0.1) is 11.8 Å². The predicted molar refractivity (Wildman–Crippen MR) is 121 cm³/mol. The average molecular weight is 449 g/mol. The summed E-state index contributed by atoms with van der Waals surface area (Å²) in [4.78, 5) is 36.8. The van der Waals surface area contributed by atoms with Crippen molar-refractivity contribution in [1.82, 2.24) is 19.5 Å². The quantitative estimate of drug-likeness (QED) is 0.328. The highest BCUT2D eigenvalue weighted by Crippen LogP contribution is 2.16. The minimum absolute atomic E-state index is 0.0461. The van der Waals surface area contributed by atoms with E-state index in [9.17, 15) is 9.59 Å². The van der Waals surface area contributed by atoms with Gasteiger partial charge in [0.1, 0.15) is 11.6 Å². The Morgan fingerprint density at radius 2 is 1.97 bits per heavy atom. The number of esters is 2. The maximum Gasteiger partial charge on any atom is 0.323 e. The number of nitrogens with zero attached hydrogens (tertiary/aromatic N) is 4. The van der Waals surface area contributed by atoms with Crippen molar-refractivity contribution in [2.75, 3.05) is 18.9 Å². The first-order chi connectivity index (χ1) is 15.3. The number of unbranched alkanes of at least 4 members (excludes halogenated alkanes) is 2. The van der Waals surface area contributed by atoms with E-state index in [0.717, 1.165) is 25.7 Å². The van der Waals surface area contributed by atoms with E-state index in [1.165, 1.54) is 0 Å². The number of anilines is 1. The van der Waals surface area contributed by atoms with E-state index in [-0.39, 0.29) is 37.0 Å². The van der Waals surface area contributed by atoms with Crippen LogP contribution in [0.5, 0.6) is 0 Å². The molecule has 0 saturated carbocycles. The number of carbonyl (C=O) groups is 2. The second kappa shape index (κ2) is 12.9. The highest BCUT2D eigenvalue weighted by molar-refractivity contribution is 5.75. The summed E-state index contributed by atoms with van der Waals surface area (Å²) in [6, 6.07) is -0.646. The molecule has 0 spiro atoms. The van der Waals surface area contributed by atoms with E-state index in [2.05, 4.69) is 21.9 Å².